The molecule has 0 spiro atoms. The summed E-state index contributed by atoms with van der Waals surface area (Å²) in [4.78, 5) is 49.9. The monoisotopic (exact) mass is 586 g/mol. The Labute approximate surface area is 247 Å². The van der Waals surface area contributed by atoms with E-state index >= 15 is 0 Å². The molecule has 0 aliphatic carbocycles. The van der Waals surface area contributed by atoms with E-state index in [4.69, 9.17) is 5.11 Å². The number of aliphatic carboxylic acids is 1. The summed E-state index contributed by atoms with van der Waals surface area (Å²) in [5.41, 5.74) is 2.47. The molecule has 9 nitrogen and oxygen atoms in total. The summed E-state index contributed by atoms with van der Waals surface area (Å²) in [6.07, 6.45) is -5.99. The lowest BCUT2D eigenvalue weighted by Crippen LogP contribution is -2.34. The lowest BCUT2D eigenvalue weighted by molar-refractivity contribution is -0.143. The van der Waals surface area contributed by atoms with Crippen molar-refractivity contribution in [2.75, 3.05) is 5.32 Å². The summed E-state index contributed by atoms with van der Waals surface area (Å²) in [7, 11) is 0. The predicted molar refractivity (Wildman–Crippen MR) is 158 cm³/mol. The van der Waals surface area contributed by atoms with Gasteiger partial charge in [-0.2, -0.15) is 0 Å². The summed E-state index contributed by atoms with van der Waals surface area (Å²) in [6, 6.07) is 22.9. The van der Waals surface area contributed by atoms with E-state index in [-0.39, 0.29) is 17.0 Å². The van der Waals surface area contributed by atoms with E-state index in [0.717, 1.165) is 0 Å². The highest BCUT2D eigenvalue weighted by molar-refractivity contribution is 6.12. The van der Waals surface area contributed by atoms with Crippen molar-refractivity contribution >= 4 is 29.1 Å². The molecule has 0 radical (unpaired) electrons. The number of anilines is 1. The maximum Gasteiger partial charge on any atom is 0.310 e. The quantitative estimate of drug-likeness (QED) is 0.167. The minimum absolute atomic E-state index is 0.157. The van der Waals surface area contributed by atoms with E-state index in [9.17, 15) is 33.8 Å². The molecule has 0 unspecified atom stereocenters. The van der Waals surface area contributed by atoms with E-state index < -0.39 is 60.4 Å². The highest BCUT2D eigenvalue weighted by atomic mass is 19.1. The SMILES string of the molecule is CC(C)c1c(C(=O)Nc2ccccc2)c(-c2ccccc2)c(-c2ccc(F)cc2)n1[C@@H](O)[C@H](O)C(=O)CC(=O)CC(=O)O. The van der Waals surface area contributed by atoms with Crippen LogP contribution in [-0.4, -0.2) is 49.4 Å². The van der Waals surface area contributed by atoms with Crippen molar-refractivity contribution in [1.29, 1.82) is 0 Å². The molecule has 4 N–H and O–H groups in total. The number of hydrogen-bond acceptors (Lipinski definition) is 6. The maximum atomic E-state index is 14.1. The first-order valence-electron chi connectivity index (χ1n) is 13.6. The molecule has 0 fully saturated rings. The van der Waals surface area contributed by atoms with Crippen LogP contribution in [0.5, 0.6) is 0 Å². The highest BCUT2D eigenvalue weighted by Gasteiger charge is 2.37. The minimum atomic E-state index is -2.16. The van der Waals surface area contributed by atoms with Gasteiger partial charge in [0.2, 0.25) is 0 Å². The largest absolute Gasteiger partial charge is 0.481 e. The Hall–Kier alpha value is -4.93. The molecule has 4 rings (SSSR count). The number of nitrogens with one attached hydrogen (secondary N) is 1. The van der Waals surface area contributed by atoms with Crippen LogP contribution in [0.15, 0.2) is 84.9 Å². The zero-order valence-corrected chi connectivity index (χ0v) is 23.5. The lowest BCUT2D eigenvalue weighted by Gasteiger charge is -2.25. The standard InChI is InChI=1S/C33H31FN2O7/c1-19(2)29-28(32(42)35-23-11-7-4-8-12-23)27(20-9-5-3-6-10-20)30(21-13-15-22(34)16-14-21)36(29)33(43)31(41)25(38)17-24(37)18-26(39)40/h3-16,19,31,33,41,43H,17-18H2,1-2H3,(H,35,42)(H,39,40)/t31-,33+/m1/s1. The fourth-order valence-electron chi connectivity index (χ4n) is 5.01. The number of carbonyl (C=O) groups is 4. The van der Waals surface area contributed by atoms with Gasteiger partial charge in [0.1, 0.15) is 12.2 Å². The van der Waals surface area contributed by atoms with Gasteiger partial charge in [0.05, 0.1) is 17.7 Å². The van der Waals surface area contributed by atoms with E-state index in [1.54, 1.807) is 74.5 Å². The average Bonchev–Trinajstić information content (AvgIpc) is 3.34. The van der Waals surface area contributed by atoms with Crippen LogP contribution in [0, 0.1) is 5.82 Å². The van der Waals surface area contributed by atoms with Crippen molar-refractivity contribution in [3.63, 3.8) is 0 Å². The van der Waals surface area contributed by atoms with Crippen molar-refractivity contribution in [3.05, 3.63) is 102 Å². The Kier molecular flexibility index (Phi) is 9.64. The molecule has 0 bridgehead atoms. The lowest BCUT2D eigenvalue weighted by atomic mass is 9.94. The van der Waals surface area contributed by atoms with E-state index in [2.05, 4.69) is 5.32 Å². The molecule has 10 heteroatoms. The number of rotatable bonds is 12. The normalized spacial score (nSPS) is 12.5. The number of aliphatic hydroxyl groups is 2. The van der Waals surface area contributed by atoms with E-state index in [0.29, 0.717) is 22.4 Å². The van der Waals surface area contributed by atoms with Gasteiger partial charge in [-0.25, -0.2) is 4.39 Å². The highest BCUT2D eigenvalue weighted by Crippen LogP contribution is 2.44. The van der Waals surface area contributed by atoms with Gasteiger partial charge in [-0.15, -0.1) is 0 Å². The summed E-state index contributed by atoms with van der Waals surface area (Å²) in [6.45, 7) is 3.54. The molecule has 0 saturated heterocycles. The van der Waals surface area contributed by atoms with E-state index in [1.165, 1.54) is 28.8 Å². The summed E-state index contributed by atoms with van der Waals surface area (Å²) in [5.74, 6) is -4.97. The molecule has 4 aromatic rings. The molecule has 1 aromatic heterocycles. The molecule has 2 atom stereocenters. The Balaban J connectivity index is 2.00. The van der Waals surface area contributed by atoms with Crippen LogP contribution < -0.4 is 5.32 Å². The van der Waals surface area contributed by atoms with Crippen molar-refractivity contribution in [1.82, 2.24) is 4.57 Å². The minimum Gasteiger partial charge on any atom is -0.481 e. The van der Waals surface area contributed by atoms with Crippen LogP contribution >= 0.6 is 0 Å². The number of halogens is 1. The molecular formula is C33H31FN2O7. The average molecular weight is 587 g/mol. The zero-order chi connectivity index (χ0) is 31.3. The number of hydrogen-bond donors (Lipinski definition) is 4. The van der Waals surface area contributed by atoms with Crippen LogP contribution in [0.4, 0.5) is 10.1 Å². The first-order valence-corrected chi connectivity index (χ1v) is 13.6. The van der Waals surface area contributed by atoms with Gasteiger partial charge in [0, 0.05) is 16.9 Å². The third-order valence-corrected chi connectivity index (χ3v) is 6.83. The molecule has 3 aromatic carbocycles. The van der Waals surface area contributed by atoms with Gasteiger partial charge in [-0.1, -0.05) is 62.4 Å². The molecule has 0 aliphatic heterocycles. The number of carbonyl (C=O) groups excluding carboxylic acids is 3. The number of Topliss-reactive ketones (excluding diaryl/α,β-unsaturated/α-hetero) is 2. The van der Waals surface area contributed by atoms with Gasteiger partial charge in [0.15, 0.2) is 23.9 Å². The number of amides is 1. The van der Waals surface area contributed by atoms with Crippen LogP contribution in [-0.2, 0) is 14.4 Å². The molecular weight excluding hydrogens is 555 g/mol. The number of carboxylic acid groups (broad SMARTS) is 1. The Morgan fingerprint density at radius 2 is 1.40 bits per heavy atom. The second kappa shape index (κ2) is 13.4. The fourth-order valence-corrected chi connectivity index (χ4v) is 5.01. The Morgan fingerprint density at radius 1 is 0.814 bits per heavy atom. The van der Waals surface area contributed by atoms with Crippen LogP contribution in [0.3, 0.4) is 0 Å². The Morgan fingerprint density at radius 3 is 1.95 bits per heavy atom. The third-order valence-electron chi connectivity index (χ3n) is 6.83. The van der Waals surface area contributed by atoms with Gasteiger partial charge >= 0.3 is 5.97 Å². The number of nitrogens with zero attached hydrogens (tertiary/aromatic N) is 1. The maximum absolute atomic E-state index is 14.1. The van der Waals surface area contributed by atoms with Crippen molar-refractivity contribution in [2.45, 2.75) is 44.9 Å². The first kappa shape index (κ1) is 31.0. The number of carboxylic acids is 1. The summed E-state index contributed by atoms with van der Waals surface area (Å²) >= 11 is 0. The van der Waals surface area contributed by atoms with Crippen LogP contribution in [0.2, 0.25) is 0 Å². The number of ketones is 2. The van der Waals surface area contributed by atoms with Gasteiger partial charge in [-0.3, -0.25) is 19.2 Å². The second-order valence-corrected chi connectivity index (χ2v) is 10.3. The molecule has 0 saturated carbocycles. The number of para-hydroxylation sites is 1. The van der Waals surface area contributed by atoms with E-state index in [1.807, 2.05) is 0 Å². The van der Waals surface area contributed by atoms with Crippen LogP contribution in [0.1, 0.15) is 54.9 Å². The van der Waals surface area contributed by atoms with Gasteiger partial charge < -0.3 is 25.2 Å². The topological polar surface area (TPSA) is 146 Å². The van der Waals surface area contributed by atoms with Crippen molar-refractivity contribution in [2.24, 2.45) is 0 Å². The predicted octanol–water partition coefficient (Wildman–Crippen LogP) is 5.19. The zero-order valence-electron chi connectivity index (χ0n) is 23.5. The smallest absolute Gasteiger partial charge is 0.310 e. The second-order valence-electron chi connectivity index (χ2n) is 10.3. The summed E-state index contributed by atoms with van der Waals surface area (Å²) in [5, 5.41) is 34.4. The Bertz CT molecular complexity index is 1630. The molecule has 1 amide bonds. The van der Waals surface area contributed by atoms with Gasteiger partial charge in [-0.05, 0) is 53.4 Å². The van der Waals surface area contributed by atoms with Crippen LogP contribution in [0.25, 0.3) is 22.4 Å². The first-order chi connectivity index (χ1) is 20.5. The molecule has 43 heavy (non-hydrogen) atoms. The number of aliphatic hydroxyl groups excluding tert-OH is 2. The fraction of sp³-hybridized carbons (Fsp3) is 0.212. The number of aromatic nitrogens is 1. The third kappa shape index (κ3) is 6.94. The molecule has 0 aliphatic rings. The van der Waals surface area contributed by atoms with Gasteiger partial charge in [0.25, 0.3) is 5.91 Å². The summed E-state index contributed by atoms with van der Waals surface area (Å²) < 4.78 is 15.3. The van der Waals surface area contributed by atoms with Crippen molar-refractivity contribution in [3.8, 4) is 22.4 Å². The molecule has 222 valence electrons. The molecule has 1 heterocycles. The number of benzene rings is 3. The van der Waals surface area contributed by atoms with Crippen molar-refractivity contribution < 1.29 is 38.9 Å².